The van der Waals surface area contributed by atoms with Crippen LogP contribution in [0.3, 0.4) is 0 Å². The monoisotopic (exact) mass is 475 g/mol. The summed E-state index contributed by atoms with van der Waals surface area (Å²) >= 11 is 6.40. The van der Waals surface area contributed by atoms with Gasteiger partial charge in [0.25, 0.3) is 5.56 Å². The highest BCUT2D eigenvalue weighted by atomic mass is 35.5. The molecule has 4 aromatic rings. The number of hydrogen-bond donors (Lipinski definition) is 0. The Morgan fingerprint density at radius 1 is 1.09 bits per heavy atom. The standard InChI is InChI=1S/C26H26ClN5O2/c1-17-15-31(21-13-7-12-20(27)18(21)2)25-28-23-22(32(25)16-17)24(33)30(26(34)29(23)3)14-8-11-19-9-5-4-6-10-19/h4-13,17H,14-16H2,1-3H3/b11-8-/t17-/m1/s1. The van der Waals surface area contributed by atoms with Crippen molar-refractivity contribution in [2.24, 2.45) is 13.0 Å². The Balaban J connectivity index is 1.65. The van der Waals surface area contributed by atoms with Crippen molar-refractivity contribution in [3.63, 3.8) is 0 Å². The zero-order valence-electron chi connectivity index (χ0n) is 19.4. The van der Waals surface area contributed by atoms with Crippen LogP contribution in [0.15, 0.2) is 64.2 Å². The molecule has 34 heavy (non-hydrogen) atoms. The molecule has 0 N–H and O–H groups in total. The van der Waals surface area contributed by atoms with E-state index >= 15 is 0 Å². The summed E-state index contributed by atoms with van der Waals surface area (Å²) in [6.45, 7) is 5.70. The summed E-state index contributed by atoms with van der Waals surface area (Å²) in [7, 11) is 1.67. The van der Waals surface area contributed by atoms with Crippen LogP contribution in [0.4, 0.5) is 11.6 Å². The summed E-state index contributed by atoms with van der Waals surface area (Å²) in [6, 6.07) is 15.6. The van der Waals surface area contributed by atoms with Crippen molar-refractivity contribution in [1.82, 2.24) is 18.7 Å². The number of imidazole rings is 1. The van der Waals surface area contributed by atoms with Gasteiger partial charge in [0.15, 0.2) is 11.2 Å². The number of allylic oxidation sites excluding steroid dienone is 1. The SMILES string of the molecule is Cc1c(Cl)cccc1N1C[C@@H](C)Cn2c1nc1c2c(=O)n(C/C=C\c2ccccc2)c(=O)n1C. The zero-order chi connectivity index (χ0) is 24.0. The molecule has 0 fully saturated rings. The van der Waals surface area contributed by atoms with Gasteiger partial charge in [-0.3, -0.25) is 13.9 Å². The highest BCUT2D eigenvalue weighted by molar-refractivity contribution is 6.31. The van der Waals surface area contributed by atoms with E-state index in [9.17, 15) is 9.59 Å². The minimum atomic E-state index is -0.385. The molecule has 8 heteroatoms. The van der Waals surface area contributed by atoms with Gasteiger partial charge in [-0.25, -0.2) is 4.79 Å². The zero-order valence-corrected chi connectivity index (χ0v) is 20.2. The summed E-state index contributed by atoms with van der Waals surface area (Å²) < 4.78 is 4.68. The number of halogens is 1. The van der Waals surface area contributed by atoms with Crippen LogP contribution in [0.2, 0.25) is 5.02 Å². The molecule has 0 saturated heterocycles. The molecule has 1 atom stereocenters. The lowest BCUT2D eigenvalue weighted by molar-refractivity contribution is 0.457. The van der Waals surface area contributed by atoms with Crippen LogP contribution >= 0.6 is 11.6 Å². The maximum atomic E-state index is 13.6. The smallest absolute Gasteiger partial charge is 0.311 e. The maximum Gasteiger partial charge on any atom is 0.332 e. The van der Waals surface area contributed by atoms with Gasteiger partial charge in [-0.1, -0.05) is 67.1 Å². The lowest BCUT2D eigenvalue weighted by Crippen LogP contribution is -2.40. The molecule has 1 aliphatic rings. The lowest BCUT2D eigenvalue weighted by Gasteiger charge is -2.34. The van der Waals surface area contributed by atoms with E-state index in [1.807, 2.05) is 72.2 Å². The van der Waals surface area contributed by atoms with Gasteiger partial charge in [0.1, 0.15) is 0 Å². The Bertz CT molecular complexity index is 1530. The van der Waals surface area contributed by atoms with Crippen LogP contribution in [-0.2, 0) is 20.1 Å². The normalized spacial score (nSPS) is 15.9. The quantitative estimate of drug-likeness (QED) is 0.440. The van der Waals surface area contributed by atoms with Crippen LogP contribution in [0.25, 0.3) is 17.2 Å². The summed E-state index contributed by atoms with van der Waals surface area (Å²) in [5.41, 5.74) is 3.04. The van der Waals surface area contributed by atoms with E-state index in [4.69, 9.17) is 16.6 Å². The first-order valence-electron chi connectivity index (χ1n) is 11.3. The number of anilines is 2. The van der Waals surface area contributed by atoms with E-state index in [1.165, 1.54) is 9.13 Å². The van der Waals surface area contributed by atoms with Crippen molar-refractivity contribution in [2.75, 3.05) is 11.4 Å². The molecular weight excluding hydrogens is 450 g/mol. The molecule has 7 nitrogen and oxygen atoms in total. The Labute approximate surface area is 202 Å². The predicted octanol–water partition coefficient (Wildman–Crippen LogP) is 4.36. The average Bonchev–Trinajstić information content (AvgIpc) is 3.21. The van der Waals surface area contributed by atoms with Gasteiger partial charge in [-0.15, -0.1) is 0 Å². The van der Waals surface area contributed by atoms with Crippen molar-refractivity contribution in [3.8, 4) is 0 Å². The van der Waals surface area contributed by atoms with Gasteiger partial charge in [-0.2, -0.15) is 4.98 Å². The van der Waals surface area contributed by atoms with Crippen molar-refractivity contribution < 1.29 is 0 Å². The van der Waals surface area contributed by atoms with Crippen molar-refractivity contribution in [2.45, 2.75) is 26.9 Å². The summed E-state index contributed by atoms with van der Waals surface area (Å²) in [5.74, 6) is 0.925. The fourth-order valence-electron chi connectivity index (χ4n) is 4.62. The van der Waals surface area contributed by atoms with Crippen LogP contribution < -0.4 is 16.1 Å². The van der Waals surface area contributed by atoms with E-state index in [-0.39, 0.29) is 23.7 Å². The Kier molecular flexibility index (Phi) is 5.65. The van der Waals surface area contributed by atoms with Gasteiger partial charge in [0.2, 0.25) is 5.95 Å². The van der Waals surface area contributed by atoms with E-state index in [0.29, 0.717) is 28.7 Å². The van der Waals surface area contributed by atoms with E-state index in [1.54, 1.807) is 7.05 Å². The molecule has 174 valence electrons. The van der Waals surface area contributed by atoms with Crippen LogP contribution in [-0.4, -0.2) is 25.2 Å². The van der Waals surface area contributed by atoms with Gasteiger partial charge in [0.05, 0.1) is 0 Å². The first kappa shape index (κ1) is 22.2. The second-order valence-corrected chi connectivity index (χ2v) is 9.27. The molecule has 2 aromatic heterocycles. The van der Waals surface area contributed by atoms with E-state index in [2.05, 4.69) is 11.8 Å². The second kappa shape index (κ2) is 8.65. The van der Waals surface area contributed by atoms with Gasteiger partial charge in [-0.05, 0) is 36.1 Å². The first-order valence-corrected chi connectivity index (χ1v) is 11.7. The molecule has 5 rings (SSSR count). The van der Waals surface area contributed by atoms with E-state index in [0.717, 1.165) is 23.4 Å². The number of aryl methyl sites for hydroxylation is 1. The third-order valence-corrected chi connectivity index (χ3v) is 6.78. The molecule has 0 saturated carbocycles. The Hall–Kier alpha value is -3.58. The third kappa shape index (κ3) is 3.66. The van der Waals surface area contributed by atoms with Gasteiger partial charge in [0, 0.05) is 37.4 Å². The fraction of sp³-hybridized carbons (Fsp3) is 0.269. The topological polar surface area (TPSA) is 65.1 Å². The fourth-order valence-corrected chi connectivity index (χ4v) is 4.79. The minimum absolute atomic E-state index is 0.184. The molecule has 0 amide bonds. The second-order valence-electron chi connectivity index (χ2n) is 8.86. The van der Waals surface area contributed by atoms with Gasteiger partial charge >= 0.3 is 5.69 Å². The molecule has 0 bridgehead atoms. The average molecular weight is 476 g/mol. The molecule has 2 aromatic carbocycles. The van der Waals surface area contributed by atoms with Crippen LogP contribution in [0.1, 0.15) is 18.1 Å². The summed E-state index contributed by atoms with van der Waals surface area (Å²) in [6.07, 6.45) is 3.75. The molecule has 0 spiro atoms. The molecule has 0 radical (unpaired) electrons. The predicted molar refractivity (Wildman–Crippen MR) is 137 cm³/mol. The third-order valence-electron chi connectivity index (χ3n) is 6.37. The summed E-state index contributed by atoms with van der Waals surface area (Å²) in [4.78, 5) is 33.5. The molecule has 1 aliphatic heterocycles. The Morgan fingerprint density at radius 3 is 2.62 bits per heavy atom. The number of benzene rings is 2. The van der Waals surface area contributed by atoms with Crippen LogP contribution in [0, 0.1) is 12.8 Å². The lowest BCUT2D eigenvalue weighted by atomic mass is 10.1. The molecule has 0 unspecified atom stereocenters. The largest absolute Gasteiger partial charge is 0.332 e. The first-order chi connectivity index (χ1) is 16.4. The number of nitrogens with zero attached hydrogens (tertiary/aromatic N) is 5. The number of hydrogen-bond acceptors (Lipinski definition) is 4. The highest BCUT2D eigenvalue weighted by Crippen LogP contribution is 2.36. The maximum absolute atomic E-state index is 13.6. The van der Waals surface area contributed by atoms with Crippen molar-refractivity contribution in [3.05, 3.63) is 91.6 Å². The molecule has 0 aliphatic carbocycles. The van der Waals surface area contributed by atoms with Crippen molar-refractivity contribution >= 4 is 40.5 Å². The number of fused-ring (bicyclic) bond motifs is 3. The highest BCUT2D eigenvalue weighted by Gasteiger charge is 2.30. The Morgan fingerprint density at radius 2 is 1.85 bits per heavy atom. The number of aromatic nitrogens is 4. The number of rotatable bonds is 4. The minimum Gasteiger partial charge on any atom is -0.311 e. The van der Waals surface area contributed by atoms with E-state index < -0.39 is 0 Å². The van der Waals surface area contributed by atoms with Crippen molar-refractivity contribution in [1.29, 1.82) is 0 Å². The molecule has 3 heterocycles. The van der Waals surface area contributed by atoms with Crippen LogP contribution in [0.5, 0.6) is 0 Å². The summed E-state index contributed by atoms with van der Waals surface area (Å²) in [5, 5.41) is 0.679. The van der Waals surface area contributed by atoms with Gasteiger partial charge < -0.3 is 9.47 Å². The molecular formula is C26H26ClN5O2.